The molecular formula is C17H14ClFN2O3. The maximum Gasteiger partial charge on any atom is 0.274 e. The Morgan fingerprint density at radius 1 is 1.25 bits per heavy atom. The highest BCUT2D eigenvalue weighted by atomic mass is 35.5. The van der Waals surface area contributed by atoms with Gasteiger partial charge in [-0.3, -0.25) is 10.0 Å². The van der Waals surface area contributed by atoms with Crippen molar-refractivity contribution in [3.05, 3.63) is 66.1 Å². The molecule has 3 aromatic rings. The fraction of sp³-hybridized carbons (Fsp3) is 0.118. The lowest BCUT2D eigenvalue weighted by Gasteiger charge is -2.19. The highest BCUT2D eigenvalue weighted by molar-refractivity contribution is 6.18. The van der Waals surface area contributed by atoms with E-state index in [-0.39, 0.29) is 11.7 Å². The van der Waals surface area contributed by atoms with Gasteiger partial charge in [0.15, 0.2) is 6.23 Å². The predicted octanol–water partition coefficient (Wildman–Crippen LogP) is 3.72. The van der Waals surface area contributed by atoms with Crippen LogP contribution in [0, 0.1) is 5.82 Å². The lowest BCUT2D eigenvalue weighted by molar-refractivity contribution is 0.0706. The molecule has 0 aliphatic heterocycles. The van der Waals surface area contributed by atoms with Crippen LogP contribution in [-0.2, 0) is 0 Å². The van der Waals surface area contributed by atoms with Gasteiger partial charge in [-0.05, 0) is 47.9 Å². The summed E-state index contributed by atoms with van der Waals surface area (Å²) in [7, 11) is 0. The van der Waals surface area contributed by atoms with Crippen LogP contribution in [0.4, 0.5) is 4.39 Å². The van der Waals surface area contributed by atoms with Crippen molar-refractivity contribution in [3.8, 4) is 5.75 Å². The number of aromatic nitrogens is 1. The Hall–Kier alpha value is -2.57. The Labute approximate surface area is 142 Å². The Kier molecular flexibility index (Phi) is 4.69. The van der Waals surface area contributed by atoms with Gasteiger partial charge in [-0.25, -0.2) is 9.87 Å². The maximum atomic E-state index is 13.0. The number of fused-ring (bicyclic) bond motifs is 1. The molecule has 24 heavy (non-hydrogen) atoms. The third-order valence-corrected chi connectivity index (χ3v) is 3.88. The van der Waals surface area contributed by atoms with Crippen molar-refractivity contribution in [1.29, 1.82) is 0 Å². The molecule has 7 heteroatoms. The molecule has 5 nitrogen and oxygen atoms in total. The third kappa shape index (κ3) is 3.20. The lowest BCUT2D eigenvalue weighted by atomic mass is 10.1. The first-order valence-corrected chi connectivity index (χ1v) is 7.69. The number of ether oxygens (including phenoxy) is 1. The van der Waals surface area contributed by atoms with E-state index in [2.05, 4.69) is 0 Å². The van der Waals surface area contributed by atoms with E-state index in [1.54, 1.807) is 34.4 Å². The third-order valence-electron chi connectivity index (χ3n) is 3.62. The van der Waals surface area contributed by atoms with E-state index >= 15 is 0 Å². The Morgan fingerprint density at radius 2 is 2.00 bits per heavy atom. The zero-order valence-electron chi connectivity index (χ0n) is 12.4. The van der Waals surface area contributed by atoms with Gasteiger partial charge in [-0.15, -0.1) is 11.6 Å². The second kappa shape index (κ2) is 6.90. The number of hydroxylamine groups is 1. The molecule has 1 aromatic heterocycles. The maximum absolute atomic E-state index is 13.0. The van der Waals surface area contributed by atoms with E-state index in [0.717, 1.165) is 10.9 Å². The summed E-state index contributed by atoms with van der Waals surface area (Å²) in [6, 6.07) is 12.5. The molecule has 0 spiro atoms. The van der Waals surface area contributed by atoms with Gasteiger partial charge in [0.1, 0.15) is 11.6 Å². The zero-order valence-corrected chi connectivity index (χ0v) is 13.2. The molecule has 1 atom stereocenters. The molecule has 0 radical (unpaired) electrons. The number of hydrogen-bond donors (Lipinski definition) is 2. The van der Waals surface area contributed by atoms with Crippen molar-refractivity contribution in [2.45, 2.75) is 6.23 Å². The second-order valence-electron chi connectivity index (χ2n) is 5.12. The van der Waals surface area contributed by atoms with Crippen molar-refractivity contribution < 1.29 is 19.1 Å². The normalized spacial score (nSPS) is 12.1. The summed E-state index contributed by atoms with van der Waals surface area (Å²) >= 11 is 6.03. The van der Waals surface area contributed by atoms with Crippen molar-refractivity contribution in [2.24, 2.45) is 0 Å². The van der Waals surface area contributed by atoms with Crippen molar-refractivity contribution in [3.63, 3.8) is 0 Å². The van der Waals surface area contributed by atoms with Crippen LogP contribution >= 0.6 is 11.6 Å². The molecule has 0 fully saturated rings. The molecule has 1 heterocycles. The predicted molar refractivity (Wildman–Crippen MR) is 88.0 cm³/mol. The molecule has 0 bridgehead atoms. The number of hydrogen-bond acceptors (Lipinski definition) is 3. The quantitative estimate of drug-likeness (QED) is 0.419. The molecule has 3 rings (SSSR count). The summed E-state index contributed by atoms with van der Waals surface area (Å²) < 4.78 is 20.6. The second-order valence-corrected chi connectivity index (χ2v) is 5.43. The minimum atomic E-state index is -0.605. The molecule has 1 amide bonds. The summed E-state index contributed by atoms with van der Waals surface area (Å²) in [5, 5.41) is 9.66. The van der Waals surface area contributed by atoms with Crippen LogP contribution in [0.3, 0.4) is 0 Å². The fourth-order valence-electron chi connectivity index (χ4n) is 2.44. The Balaban J connectivity index is 1.96. The number of nitrogens with zero attached hydrogens (tertiary/aromatic N) is 1. The number of carbonyl (C=O) groups excluding carboxylic acids is 1. The number of alkyl halides is 1. The number of nitrogens with one attached hydrogen (secondary N) is 1. The van der Waals surface area contributed by atoms with Crippen molar-refractivity contribution in [1.82, 2.24) is 10.0 Å². The van der Waals surface area contributed by atoms with Gasteiger partial charge in [0.05, 0.1) is 11.4 Å². The molecule has 0 saturated carbocycles. The van der Waals surface area contributed by atoms with Crippen LogP contribution in [0.25, 0.3) is 10.9 Å². The summed E-state index contributed by atoms with van der Waals surface area (Å²) in [6.07, 6.45) is 1.25. The van der Waals surface area contributed by atoms with Crippen LogP contribution in [0.1, 0.15) is 16.6 Å². The van der Waals surface area contributed by atoms with E-state index in [0.29, 0.717) is 11.3 Å². The number of halogens is 2. The van der Waals surface area contributed by atoms with Gasteiger partial charge < -0.3 is 9.30 Å². The number of rotatable bonds is 5. The minimum Gasteiger partial charge on any atom is -0.469 e. The largest absolute Gasteiger partial charge is 0.469 e. The van der Waals surface area contributed by atoms with E-state index in [1.807, 2.05) is 6.07 Å². The molecular weight excluding hydrogens is 335 g/mol. The first kappa shape index (κ1) is 16.3. The highest BCUT2D eigenvalue weighted by Crippen LogP contribution is 2.25. The SMILES string of the molecule is O=C(NO)c1ccc2ccn(C(CCl)Oc3ccc(F)cc3)c2c1. The summed E-state index contributed by atoms with van der Waals surface area (Å²) in [4.78, 5) is 11.6. The number of benzene rings is 2. The molecule has 2 N–H and O–H groups in total. The van der Waals surface area contributed by atoms with Crippen LogP contribution in [0.15, 0.2) is 54.7 Å². The monoisotopic (exact) mass is 348 g/mol. The van der Waals surface area contributed by atoms with Gasteiger partial charge in [-0.2, -0.15) is 0 Å². The Morgan fingerprint density at radius 3 is 2.67 bits per heavy atom. The summed E-state index contributed by atoms with van der Waals surface area (Å²) in [5.74, 6) is -0.326. The van der Waals surface area contributed by atoms with Crippen molar-refractivity contribution in [2.75, 3.05) is 5.88 Å². The highest BCUT2D eigenvalue weighted by Gasteiger charge is 2.15. The average molecular weight is 349 g/mol. The van der Waals surface area contributed by atoms with Gasteiger partial charge in [0.25, 0.3) is 5.91 Å². The summed E-state index contributed by atoms with van der Waals surface area (Å²) in [6.45, 7) is 0. The summed E-state index contributed by atoms with van der Waals surface area (Å²) in [5.41, 5.74) is 2.64. The first-order valence-electron chi connectivity index (χ1n) is 7.15. The van der Waals surface area contributed by atoms with Crippen LogP contribution in [0.2, 0.25) is 0 Å². The standard InChI is InChI=1S/C17H14ClFN2O3/c18-10-16(24-14-5-3-13(19)4-6-14)21-8-7-11-1-2-12(9-15(11)21)17(22)20-23/h1-9,16,23H,10H2,(H,20,22). The molecule has 0 saturated heterocycles. The molecule has 0 aliphatic rings. The smallest absolute Gasteiger partial charge is 0.274 e. The van der Waals surface area contributed by atoms with Crippen LogP contribution in [-0.4, -0.2) is 21.6 Å². The number of carbonyl (C=O) groups is 1. The van der Waals surface area contributed by atoms with Gasteiger partial charge in [-0.1, -0.05) is 6.07 Å². The number of amides is 1. The van der Waals surface area contributed by atoms with Crippen molar-refractivity contribution >= 4 is 28.4 Å². The lowest BCUT2D eigenvalue weighted by Crippen LogP contribution is -2.19. The van der Waals surface area contributed by atoms with Gasteiger partial charge >= 0.3 is 0 Å². The van der Waals surface area contributed by atoms with E-state index in [4.69, 9.17) is 21.5 Å². The topological polar surface area (TPSA) is 63.5 Å². The first-order chi connectivity index (χ1) is 11.6. The molecule has 1 unspecified atom stereocenters. The Bertz CT molecular complexity index is 864. The molecule has 0 aliphatic carbocycles. The average Bonchev–Trinajstić information content (AvgIpc) is 3.03. The van der Waals surface area contributed by atoms with Gasteiger partial charge in [0.2, 0.25) is 0 Å². The zero-order chi connectivity index (χ0) is 17.1. The fourth-order valence-corrected chi connectivity index (χ4v) is 2.65. The minimum absolute atomic E-state index is 0.150. The van der Waals surface area contributed by atoms with E-state index in [9.17, 15) is 9.18 Å². The van der Waals surface area contributed by atoms with E-state index < -0.39 is 12.1 Å². The molecule has 124 valence electrons. The van der Waals surface area contributed by atoms with E-state index in [1.165, 1.54) is 24.3 Å². The van der Waals surface area contributed by atoms with Gasteiger partial charge in [0, 0.05) is 11.8 Å². The van der Waals surface area contributed by atoms with Crippen LogP contribution < -0.4 is 10.2 Å². The van der Waals surface area contributed by atoms with Crippen LogP contribution in [0.5, 0.6) is 5.75 Å². The molecule has 2 aromatic carbocycles.